The molecule has 0 saturated carbocycles. The van der Waals surface area contributed by atoms with Gasteiger partial charge < -0.3 is 15.3 Å². The summed E-state index contributed by atoms with van der Waals surface area (Å²) in [6.07, 6.45) is 1.75. The Balaban J connectivity index is 1.47. The first kappa shape index (κ1) is 23.3. The van der Waals surface area contributed by atoms with E-state index in [9.17, 15) is 14.7 Å². The summed E-state index contributed by atoms with van der Waals surface area (Å²) in [5, 5.41) is 14.5. The molecule has 2 N–H and O–H groups in total. The van der Waals surface area contributed by atoms with Crippen molar-refractivity contribution < 1.29 is 14.7 Å². The molecule has 1 saturated heterocycles. The van der Waals surface area contributed by atoms with Gasteiger partial charge in [0.05, 0.1) is 21.5 Å². The first-order chi connectivity index (χ1) is 17.0. The third-order valence-corrected chi connectivity index (χ3v) is 7.73. The maximum Gasteiger partial charge on any atom is 0.338 e. The molecule has 3 heterocycles. The minimum Gasteiger partial charge on any atom is -0.478 e. The maximum absolute atomic E-state index is 13.7. The van der Waals surface area contributed by atoms with Crippen molar-refractivity contribution in [1.29, 1.82) is 0 Å². The lowest BCUT2D eigenvalue weighted by atomic mass is 9.89. The number of piperidine rings is 1. The molecule has 1 fully saturated rings. The molecule has 178 valence electrons. The highest BCUT2D eigenvalue weighted by molar-refractivity contribution is 7.18. The number of hydrogen-bond donors (Lipinski definition) is 2. The van der Waals surface area contributed by atoms with Crippen LogP contribution in [0.15, 0.2) is 66.0 Å². The first-order valence-electron chi connectivity index (χ1n) is 11.5. The molecule has 5 rings (SSSR count). The number of carboxylic acid groups (broad SMARTS) is 1. The predicted molar refractivity (Wildman–Crippen MR) is 140 cm³/mol. The van der Waals surface area contributed by atoms with Crippen LogP contribution in [0.5, 0.6) is 0 Å². The van der Waals surface area contributed by atoms with Crippen LogP contribution in [0, 0.1) is 0 Å². The number of likely N-dealkylation sites (tertiary alicyclic amines) is 1. The van der Waals surface area contributed by atoms with Crippen LogP contribution in [0.1, 0.15) is 50.6 Å². The number of amides is 1. The molecule has 4 aromatic rings. The highest BCUT2D eigenvalue weighted by atomic mass is 35.5. The van der Waals surface area contributed by atoms with Crippen LogP contribution >= 0.6 is 22.9 Å². The van der Waals surface area contributed by atoms with E-state index in [-0.39, 0.29) is 16.6 Å². The van der Waals surface area contributed by atoms with Crippen LogP contribution < -0.4 is 5.32 Å². The van der Waals surface area contributed by atoms with Gasteiger partial charge in [0.25, 0.3) is 5.91 Å². The zero-order valence-corrected chi connectivity index (χ0v) is 20.5. The Kier molecular flexibility index (Phi) is 6.70. The number of carboxylic acids is 1. The van der Waals surface area contributed by atoms with Crippen LogP contribution in [-0.4, -0.2) is 40.0 Å². The summed E-state index contributed by atoms with van der Waals surface area (Å²) < 4.78 is 0.616. The summed E-state index contributed by atoms with van der Waals surface area (Å²) >= 11 is 7.83. The first-order valence-corrected chi connectivity index (χ1v) is 12.7. The number of halogens is 1. The number of benzene rings is 2. The number of thiophene rings is 1. The number of rotatable bonds is 6. The van der Waals surface area contributed by atoms with Gasteiger partial charge in [-0.15, -0.1) is 11.3 Å². The number of hydrogen-bond acceptors (Lipinski definition) is 5. The van der Waals surface area contributed by atoms with Gasteiger partial charge in [0.1, 0.15) is 10.7 Å². The van der Waals surface area contributed by atoms with Gasteiger partial charge in [0.15, 0.2) is 0 Å². The van der Waals surface area contributed by atoms with E-state index in [1.54, 1.807) is 5.38 Å². The Morgan fingerprint density at radius 2 is 1.71 bits per heavy atom. The van der Waals surface area contributed by atoms with Gasteiger partial charge in [-0.3, -0.25) is 4.79 Å². The van der Waals surface area contributed by atoms with Gasteiger partial charge in [-0.1, -0.05) is 72.3 Å². The quantitative estimate of drug-likeness (QED) is 0.301. The molecule has 1 amide bonds. The lowest BCUT2D eigenvalue weighted by Gasteiger charge is -2.33. The molecule has 2 aromatic carbocycles. The average Bonchev–Trinajstić information content (AvgIpc) is 3.32. The van der Waals surface area contributed by atoms with Gasteiger partial charge in [-0.05, 0) is 29.9 Å². The lowest BCUT2D eigenvalue weighted by Crippen LogP contribution is -2.38. The summed E-state index contributed by atoms with van der Waals surface area (Å²) in [6, 6.07) is 20.2. The molecule has 1 aliphatic heterocycles. The normalized spacial score (nSPS) is 14.3. The van der Waals surface area contributed by atoms with Crippen LogP contribution in [-0.2, 0) is 6.54 Å². The second-order valence-corrected chi connectivity index (χ2v) is 9.84. The number of aromatic carboxylic acids is 1. The van der Waals surface area contributed by atoms with Crippen molar-refractivity contribution in [2.75, 3.05) is 18.4 Å². The van der Waals surface area contributed by atoms with E-state index in [4.69, 9.17) is 11.6 Å². The van der Waals surface area contributed by atoms with E-state index < -0.39 is 5.97 Å². The number of carbonyl (C=O) groups is 2. The summed E-state index contributed by atoms with van der Waals surface area (Å²) in [7, 11) is 0. The van der Waals surface area contributed by atoms with Gasteiger partial charge in [-0.25, -0.2) is 9.78 Å². The van der Waals surface area contributed by atoms with E-state index in [2.05, 4.69) is 22.4 Å². The SMILES string of the molecule is O=C(O)c1csc2c(NCc3ccccc3)c(C(=O)N3CCC(c4ccccc4)CC3)c(Cl)nc12. The largest absolute Gasteiger partial charge is 0.478 e. The lowest BCUT2D eigenvalue weighted by molar-refractivity contribution is 0.0695. The smallest absolute Gasteiger partial charge is 0.338 e. The Morgan fingerprint density at radius 3 is 2.37 bits per heavy atom. The standard InChI is InChI=1S/C27H24ClN3O3S/c28-25-21(26(32)31-13-11-19(12-14-31)18-9-5-2-6-10-18)23(29-15-17-7-3-1-4-8-17)24-22(30-25)20(16-35-24)27(33)34/h1-10,16,19H,11-15H2,(H,29,30)(H,33,34). The van der Waals surface area contributed by atoms with Gasteiger partial charge >= 0.3 is 5.97 Å². The third-order valence-electron chi connectivity index (χ3n) is 6.47. The molecule has 0 aliphatic carbocycles. The summed E-state index contributed by atoms with van der Waals surface area (Å²) in [5.74, 6) is -0.838. The van der Waals surface area contributed by atoms with Crippen molar-refractivity contribution in [2.24, 2.45) is 0 Å². The minimum atomic E-state index is -1.07. The second-order valence-electron chi connectivity index (χ2n) is 8.60. The Morgan fingerprint density at radius 1 is 1.06 bits per heavy atom. The molecular weight excluding hydrogens is 482 g/mol. The number of nitrogens with zero attached hydrogens (tertiary/aromatic N) is 2. The van der Waals surface area contributed by atoms with Crippen molar-refractivity contribution in [3.05, 3.63) is 93.5 Å². The Hall–Kier alpha value is -3.42. The zero-order valence-electron chi connectivity index (χ0n) is 18.9. The van der Waals surface area contributed by atoms with E-state index in [1.165, 1.54) is 16.9 Å². The van der Waals surface area contributed by atoms with Gasteiger partial charge in [0.2, 0.25) is 0 Å². The molecule has 2 aromatic heterocycles. The fourth-order valence-corrected chi connectivity index (χ4v) is 5.88. The van der Waals surface area contributed by atoms with Crippen molar-refractivity contribution in [1.82, 2.24) is 9.88 Å². The number of fused-ring (bicyclic) bond motifs is 1. The molecule has 1 aliphatic rings. The minimum absolute atomic E-state index is 0.0177. The molecule has 0 unspecified atom stereocenters. The molecule has 0 atom stereocenters. The van der Waals surface area contributed by atoms with Crippen molar-refractivity contribution in [3.63, 3.8) is 0 Å². The maximum atomic E-state index is 13.7. The van der Waals surface area contributed by atoms with Crippen molar-refractivity contribution in [2.45, 2.75) is 25.3 Å². The fourth-order valence-electron chi connectivity index (χ4n) is 4.61. The molecule has 35 heavy (non-hydrogen) atoms. The molecular formula is C27H24ClN3O3S. The fraction of sp³-hybridized carbons (Fsp3) is 0.222. The predicted octanol–water partition coefficient (Wildman–Crippen LogP) is 6.28. The van der Waals surface area contributed by atoms with Crippen LogP contribution in [0.2, 0.25) is 5.15 Å². The number of carbonyl (C=O) groups excluding carboxylic acids is 1. The number of anilines is 1. The number of nitrogens with one attached hydrogen (secondary N) is 1. The highest BCUT2D eigenvalue weighted by Gasteiger charge is 2.30. The van der Waals surface area contributed by atoms with Crippen LogP contribution in [0.3, 0.4) is 0 Å². The zero-order chi connectivity index (χ0) is 24.4. The monoisotopic (exact) mass is 505 g/mol. The Labute approximate surface area is 212 Å². The topological polar surface area (TPSA) is 82.5 Å². The van der Waals surface area contributed by atoms with E-state index in [0.717, 1.165) is 18.4 Å². The van der Waals surface area contributed by atoms with E-state index in [0.29, 0.717) is 47.0 Å². The number of aromatic nitrogens is 1. The van der Waals surface area contributed by atoms with E-state index >= 15 is 0 Å². The third kappa shape index (κ3) is 4.74. The van der Waals surface area contributed by atoms with Crippen LogP contribution in [0.4, 0.5) is 5.69 Å². The highest BCUT2D eigenvalue weighted by Crippen LogP contribution is 2.39. The molecule has 0 radical (unpaired) electrons. The summed E-state index contributed by atoms with van der Waals surface area (Å²) in [6.45, 7) is 1.71. The van der Waals surface area contributed by atoms with E-state index in [1.807, 2.05) is 53.4 Å². The Bertz CT molecular complexity index is 1370. The average molecular weight is 506 g/mol. The molecule has 6 nitrogen and oxygen atoms in total. The van der Waals surface area contributed by atoms with Crippen LogP contribution in [0.25, 0.3) is 10.2 Å². The van der Waals surface area contributed by atoms with Crippen molar-refractivity contribution >= 4 is 50.7 Å². The molecule has 8 heteroatoms. The van der Waals surface area contributed by atoms with Crippen molar-refractivity contribution in [3.8, 4) is 0 Å². The summed E-state index contributed by atoms with van der Waals surface area (Å²) in [4.78, 5) is 31.6. The second kappa shape index (κ2) is 10.1. The van der Waals surface area contributed by atoms with Gasteiger partial charge in [-0.2, -0.15) is 0 Å². The van der Waals surface area contributed by atoms with Gasteiger partial charge in [0, 0.05) is 25.0 Å². The summed E-state index contributed by atoms with van der Waals surface area (Å²) in [5.41, 5.74) is 3.54. The number of pyridine rings is 1. The molecule has 0 bridgehead atoms. The molecule has 0 spiro atoms.